The van der Waals surface area contributed by atoms with Gasteiger partial charge in [0.05, 0.1) is 5.75 Å². The van der Waals surface area contributed by atoms with Crippen LogP contribution in [-0.4, -0.2) is 15.0 Å². The van der Waals surface area contributed by atoms with Crippen molar-refractivity contribution in [2.75, 3.05) is 11.1 Å². The van der Waals surface area contributed by atoms with E-state index in [1.807, 2.05) is 0 Å². The number of aromatic nitrogens is 3. The summed E-state index contributed by atoms with van der Waals surface area (Å²) >= 11 is 6.98. The summed E-state index contributed by atoms with van der Waals surface area (Å²) in [6.07, 6.45) is 0. The van der Waals surface area contributed by atoms with Crippen molar-refractivity contribution in [2.24, 2.45) is 0 Å². The van der Waals surface area contributed by atoms with Gasteiger partial charge in [0.15, 0.2) is 0 Å². The third-order valence-corrected chi connectivity index (χ3v) is 4.35. The molecule has 0 saturated heterocycles. The number of anilines is 3. The molecule has 0 saturated carbocycles. The molecular weight excluding hydrogens is 368 g/mol. The molecule has 0 aliphatic carbocycles. The first-order valence-electron chi connectivity index (χ1n) is 7.10. The lowest BCUT2D eigenvalue weighted by Gasteiger charge is -2.08. The van der Waals surface area contributed by atoms with Crippen LogP contribution in [0, 0.1) is 11.6 Å². The summed E-state index contributed by atoms with van der Waals surface area (Å²) in [5.74, 6) is -0.318. The summed E-state index contributed by atoms with van der Waals surface area (Å²) in [5.41, 5.74) is 6.43. The number of rotatable bonds is 5. The lowest BCUT2D eigenvalue weighted by atomic mass is 10.3. The second kappa shape index (κ2) is 7.62. The van der Waals surface area contributed by atoms with E-state index in [0.29, 0.717) is 15.7 Å². The minimum Gasteiger partial charge on any atom is -0.368 e. The Balaban J connectivity index is 1.73. The predicted molar refractivity (Wildman–Crippen MR) is 94.9 cm³/mol. The lowest BCUT2D eigenvalue weighted by Crippen LogP contribution is -2.06. The molecule has 0 amide bonds. The van der Waals surface area contributed by atoms with Gasteiger partial charge < -0.3 is 11.1 Å². The number of nitrogens with one attached hydrogen (secondary N) is 1. The second-order valence-electron chi connectivity index (χ2n) is 4.93. The largest absolute Gasteiger partial charge is 0.368 e. The molecule has 3 rings (SSSR count). The smallest absolute Gasteiger partial charge is 0.232 e. The molecule has 128 valence electrons. The van der Waals surface area contributed by atoms with Crippen LogP contribution < -0.4 is 11.1 Å². The fraction of sp³-hybridized carbons (Fsp3) is 0.0625. The van der Waals surface area contributed by atoms with Crippen LogP contribution in [0.5, 0.6) is 0 Å². The number of nitrogen functional groups attached to an aromatic ring is 1. The Bertz CT molecular complexity index is 892. The van der Waals surface area contributed by atoms with E-state index in [2.05, 4.69) is 20.3 Å². The van der Waals surface area contributed by atoms with E-state index in [0.717, 1.165) is 23.5 Å². The zero-order valence-electron chi connectivity index (χ0n) is 12.7. The highest BCUT2D eigenvalue weighted by Gasteiger charge is 2.09. The van der Waals surface area contributed by atoms with E-state index in [1.165, 1.54) is 12.1 Å². The quantitative estimate of drug-likeness (QED) is 0.639. The van der Waals surface area contributed by atoms with E-state index >= 15 is 0 Å². The van der Waals surface area contributed by atoms with Gasteiger partial charge >= 0.3 is 0 Å². The Morgan fingerprint density at radius 1 is 1.04 bits per heavy atom. The van der Waals surface area contributed by atoms with Gasteiger partial charge in [-0.2, -0.15) is 15.0 Å². The first-order chi connectivity index (χ1) is 12.0. The van der Waals surface area contributed by atoms with Crippen molar-refractivity contribution in [1.29, 1.82) is 0 Å². The zero-order valence-corrected chi connectivity index (χ0v) is 14.3. The lowest BCUT2D eigenvalue weighted by molar-refractivity contribution is 0.565. The monoisotopic (exact) mass is 379 g/mol. The Labute approximate surface area is 151 Å². The fourth-order valence-corrected chi connectivity index (χ4v) is 2.86. The van der Waals surface area contributed by atoms with Crippen LogP contribution in [0.4, 0.5) is 26.4 Å². The number of nitrogens with two attached hydrogens (primary N) is 1. The molecule has 3 aromatic rings. The normalized spacial score (nSPS) is 10.7. The van der Waals surface area contributed by atoms with Crippen molar-refractivity contribution in [1.82, 2.24) is 15.0 Å². The van der Waals surface area contributed by atoms with Crippen molar-refractivity contribution in [3.8, 4) is 0 Å². The molecule has 0 spiro atoms. The Morgan fingerprint density at radius 3 is 2.52 bits per heavy atom. The molecule has 0 aliphatic heterocycles. The van der Waals surface area contributed by atoms with Crippen molar-refractivity contribution >= 4 is 40.9 Å². The molecule has 0 unspecified atom stereocenters. The summed E-state index contributed by atoms with van der Waals surface area (Å²) in [6, 6.07) is 10.4. The van der Waals surface area contributed by atoms with E-state index in [4.69, 9.17) is 17.3 Å². The first-order valence-corrected chi connectivity index (χ1v) is 8.47. The van der Waals surface area contributed by atoms with E-state index < -0.39 is 11.6 Å². The standard InChI is InChI=1S/C16H12ClF2N5S/c17-9-1-4-11(5-2-9)21-16-23-14(22-15(20)24-16)8-25-13-6-3-10(18)7-12(13)19/h1-7H,8H2,(H3,20,21,22,23,24). The topological polar surface area (TPSA) is 76.7 Å². The number of nitrogens with zero attached hydrogens (tertiary/aromatic N) is 3. The summed E-state index contributed by atoms with van der Waals surface area (Å²) in [7, 11) is 0. The van der Waals surface area contributed by atoms with Gasteiger partial charge in [-0.1, -0.05) is 11.6 Å². The van der Waals surface area contributed by atoms with Crippen LogP contribution in [0.3, 0.4) is 0 Å². The predicted octanol–water partition coefficient (Wildman–Crippen LogP) is 4.42. The molecule has 0 bridgehead atoms. The van der Waals surface area contributed by atoms with Crippen molar-refractivity contribution in [3.63, 3.8) is 0 Å². The molecule has 0 radical (unpaired) electrons. The van der Waals surface area contributed by atoms with Gasteiger partial charge in [0.1, 0.15) is 17.5 Å². The van der Waals surface area contributed by atoms with E-state index in [1.54, 1.807) is 24.3 Å². The van der Waals surface area contributed by atoms with Crippen LogP contribution >= 0.6 is 23.4 Å². The number of hydrogen-bond donors (Lipinski definition) is 2. The van der Waals surface area contributed by atoms with Crippen LogP contribution in [0.2, 0.25) is 5.02 Å². The molecular formula is C16H12ClF2N5S. The van der Waals surface area contributed by atoms with Gasteiger partial charge in [0.2, 0.25) is 11.9 Å². The van der Waals surface area contributed by atoms with Crippen molar-refractivity contribution in [2.45, 2.75) is 10.6 Å². The maximum Gasteiger partial charge on any atom is 0.232 e. The number of halogens is 3. The fourth-order valence-electron chi connectivity index (χ4n) is 1.96. The minimum absolute atomic E-state index is 0.0432. The molecule has 5 nitrogen and oxygen atoms in total. The van der Waals surface area contributed by atoms with Gasteiger partial charge in [0, 0.05) is 21.7 Å². The van der Waals surface area contributed by atoms with E-state index in [9.17, 15) is 8.78 Å². The average Bonchev–Trinajstić information content (AvgIpc) is 2.56. The Morgan fingerprint density at radius 2 is 1.80 bits per heavy atom. The van der Waals surface area contributed by atoms with Gasteiger partial charge in [-0.15, -0.1) is 11.8 Å². The van der Waals surface area contributed by atoms with E-state index in [-0.39, 0.29) is 17.6 Å². The van der Waals surface area contributed by atoms with Gasteiger partial charge in [0.25, 0.3) is 0 Å². The third kappa shape index (κ3) is 4.77. The molecule has 25 heavy (non-hydrogen) atoms. The zero-order chi connectivity index (χ0) is 17.8. The highest BCUT2D eigenvalue weighted by atomic mass is 35.5. The maximum absolute atomic E-state index is 13.7. The summed E-state index contributed by atoms with van der Waals surface area (Å²) in [6.45, 7) is 0. The summed E-state index contributed by atoms with van der Waals surface area (Å²) < 4.78 is 26.6. The first kappa shape index (κ1) is 17.4. The molecule has 1 aromatic heterocycles. The number of benzene rings is 2. The average molecular weight is 380 g/mol. The number of hydrogen-bond acceptors (Lipinski definition) is 6. The molecule has 0 atom stereocenters. The molecule has 0 fully saturated rings. The Hall–Kier alpha value is -2.45. The van der Waals surface area contributed by atoms with Crippen molar-refractivity contribution < 1.29 is 8.78 Å². The maximum atomic E-state index is 13.7. The summed E-state index contributed by atoms with van der Waals surface area (Å²) in [5, 5.41) is 3.61. The third-order valence-electron chi connectivity index (χ3n) is 3.05. The van der Waals surface area contributed by atoms with Gasteiger partial charge in [-0.25, -0.2) is 8.78 Å². The molecule has 2 aromatic carbocycles. The SMILES string of the molecule is Nc1nc(CSc2ccc(F)cc2F)nc(Nc2ccc(Cl)cc2)n1. The van der Waals surface area contributed by atoms with Crippen LogP contribution in [0.15, 0.2) is 47.4 Å². The molecule has 0 aliphatic rings. The molecule has 3 N–H and O–H groups in total. The second-order valence-corrected chi connectivity index (χ2v) is 6.38. The number of thioether (sulfide) groups is 1. The van der Waals surface area contributed by atoms with Gasteiger partial charge in [-0.05, 0) is 36.4 Å². The van der Waals surface area contributed by atoms with Crippen LogP contribution in [0.25, 0.3) is 0 Å². The van der Waals surface area contributed by atoms with Crippen molar-refractivity contribution in [3.05, 3.63) is 64.9 Å². The highest BCUT2D eigenvalue weighted by Crippen LogP contribution is 2.25. The summed E-state index contributed by atoms with van der Waals surface area (Å²) in [4.78, 5) is 12.6. The van der Waals surface area contributed by atoms with Crippen LogP contribution in [0.1, 0.15) is 5.82 Å². The van der Waals surface area contributed by atoms with Gasteiger partial charge in [-0.3, -0.25) is 0 Å². The molecule has 1 heterocycles. The highest BCUT2D eigenvalue weighted by molar-refractivity contribution is 7.98. The Kier molecular flexibility index (Phi) is 5.30. The minimum atomic E-state index is -0.633. The molecule has 9 heteroatoms. The van der Waals surface area contributed by atoms with Crippen LogP contribution in [-0.2, 0) is 5.75 Å².